The Balaban J connectivity index is 1.14. The molecule has 14 rings (SSSR count). The lowest BCUT2D eigenvalue weighted by atomic mass is 9.65. The highest BCUT2D eigenvalue weighted by molar-refractivity contribution is 6.07. The zero-order valence-electron chi connectivity index (χ0n) is 34.8. The molecule has 0 N–H and O–H groups in total. The Bertz CT molecular complexity index is 3270. The summed E-state index contributed by atoms with van der Waals surface area (Å²) in [5, 5.41) is 15.9. The smallest absolute Gasteiger partial charge is 0.230 e. The Morgan fingerprint density at radius 3 is 1.42 bits per heavy atom. The molecule has 2 aliphatic heterocycles. The van der Waals surface area contributed by atoms with Crippen LogP contribution in [-0.2, 0) is 0 Å². The van der Waals surface area contributed by atoms with Gasteiger partial charge >= 0.3 is 0 Å². The monoisotopic (exact) mass is 822 g/mol. The van der Waals surface area contributed by atoms with Gasteiger partial charge in [0.25, 0.3) is 0 Å². The van der Waals surface area contributed by atoms with Crippen molar-refractivity contribution in [2.75, 3.05) is 9.80 Å². The van der Waals surface area contributed by atoms with E-state index in [9.17, 15) is 11.8 Å². The topological polar surface area (TPSA) is 53.1 Å². The molecule has 0 atom stereocenters. The number of fused-ring (bicyclic) bond motifs is 10. The van der Waals surface area contributed by atoms with Crippen LogP contribution in [0.3, 0.4) is 0 Å². The first-order chi connectivity index (χ1) is 31.7. The molecule has 0 amide bonds. The summed E-state index contributed by atoms with van der Waals surface area (Å²) in [6.07, 6.45) is 4.05. The Morgan fingerprint density at radius 1 is 0.484 bits per heavy atom. The average Bonchev–Trinajstić information content (AvgIpc) is 3.37. The van der Waals surface area contributed by atoms with E-state index in [1.54, 1.807) is 0 Å². The van der Waals surface area contributed by atoms with E-state index >= 15 is 0 Å². The third-order valence-electron chi connectivity index (χ3n) is 14.0. The largest absolute Gasteiger partial charge is 0.452 e. The molecule has 6 heteroatoms. The van der Waals surface area contributed by atoms with Crippen molar-refractivity contribution < 1.29 is 9.47 Å². The minimum atomic E-state index is 0.181. The summed E-state index contributed by atoms with van der Waals surface area (Å²) in [6, 6.07) is 61.3. The first-order valence-electron chi connectivity index (χ1n) is 22.1. The lowest BCUT2D eigenvalue weighted by Crippen LogP contribution is -2.29. The maximum atomic E-state index is 11.8. The number of rotatable bonds is 4. The fraction of sp³-hybridized carbons (Fsp3) is 0.103. The van der Waals surface area contributed by atoms with Crippen molar-refractivity contribution in [3.05, 3.63) is 198 Å². The number of ether oxygens (including phenoxy) is 2. The van der Waals surface area contributed by atoms with Crippen molar-refractivity contribution in [1.29, 1.82) is 5.26 Å². The zero-order chi connectivity index (χ0) is 42.5. The molecule has 2 heterocycles. The Morgan fingerprint density at radius 2 is 0.938 bits per heavy atom. The van der Waals surface area contributed by atoms with E-state index in [0.717, 1.165) is 126 Å². The molecule has 0 saturated heterocycles. The maximum absolute atomic E-state index is 11.8. The van der Waals surface area contributed by atoms with E-state index in [-0.39, 0.29) is 11.8 Å². The summed E-state index contributed by atoms with van der Waals surface area (Å²) in [7, 11) is 0. The van der Waals surface area contributed by atoms with Crippen LogP contribution in [0.5, 0.6) is 23.0 Å². The zero-order valence-corrected chi connectivity index (χ0v) is 34.8. The van der Waals surface area contributed by atoms with Crippen LogP contribution in [-0.4, -0.2) is 0 Å². The molecule has 0 spiro atoms. The molecule has 9 aromatic rings. The van der Waals surface area contributed by atoms with E-state index in [2.05, 4.69) is 154 Å². The molecule has 0 radical (unpaired) electrons. The van der Waals surface area contributed by atoms with Crippen LogP contribution < -0.4 is 19.3 Å². The first-order valence-corrected chi connectivity index (χ1v) is 22.1. The quantitative estimate of drug-likeness (QED) is 0.166. The van der Waals surface area contributed by atoms with E-state index in [4.69, 9.17) is 9.47 Å². The van der Waals surface area contributed by atoms with Crippen molar-refractivity contribution in [2.24, 2.45) is 0 Å². The number of benzene rings is 9. The standard InChI is InChI=1S/C58H38N4O2/c1-60-54-45(34-59)55(61-46-28-24-37-16-8-10-18-43(37)57(46)63-50-30-26-41(32-48(50)61)35-12-4-2-5-13-35)52-39-20-22-40(23-21-39)53(52)56(54)62-47-29-25-38-17-9-11-19-44(38)58(47)64-51-31-27-42(33-49(51)62)36-14-6-3-7-15-36/h2-19,24-33,39-40H,20-23H2. The van der Waals surface area contributed by atoms with Gasteiger partial charge in [-0.25, -0.2) is 4.85 Å². The fourth-order valence-electron chi connectivity index (χ4n) is 11.1. The van der Waals surface area contributed by atoms with Crippen molar-refractivity contribution >= 4 is 61.4 Å². The number of nitriles is 1. The van der Waals surface area contributed by atoms with E-state index < -0.39 is 0 Å². The van der Waals surface area contributed by atoms with Crippen LogP contribution in [0.25, 0.3) is 48.6 Å². The highest BCUT2D eigenvalue weighted by Crippen LogP contribution is 2.66. The van der Waals surface area contributed by atoms with Crippen molar-refractivity contribution in [3.8, 4) is 51.3 Å². The van der Waals surface area contributed by atoms with Crippen LogP contribution in [0.1, 0.15) is 54.2 Å². The normalized spacial score (nSPS) is 16.3. The SMILES string of the molecule is [C-]#[N+]c1c(C#N)c(N2c3cc(-c4ccccc4)ccc3Oc3c2ccc2ccccc32)c2c(c1N1c3cc(-c4ccccc4)ccc3Oc3c1ccc1ccccc31)C1CCC2CC1. The fourth-order valence-corrected chi connectivity index (χ4v) is 11.1. The minimum absolute atomic E-state index is 0.181. The molecule has 0 aromatic heterocycles. The maximum Gasteiger partial charge on any atom is 0.230 e. The molecule has 0 unspecified atom stereocenters. The summed E-state index contributed by atoms with van der Waals surface area (Å²) >= 11 is 0. The minimum Gasteiger partial charge on any atom is -0.452 e. The lowest BCUT2D eigenvalue weighted by Gasteiger charge is -2.46. The van der Waals surface area contributed by atoms with Gasteiger partial charge < -0.3 is 19.3 Å². The van der Waals surface area contributed by atoms with Gasteiger partial charge in [-0.2, -0.15) is 5.26 Å². The van der Waals surface area contributed by atoms with Gasteiger partial charge in [-0.15, -0.1) is 0 Å². The first kappa shape index (κ1) is 36.3. The number of hydrogen-bond acceptors (Lipinski definition) is 5. The predicted octanol–water partition coefficient (Wildman–Crippen LogP) is 16.7. The second-order valence-electron chi connectivity index (χ2n) is 17.3. The number of nitrogens with zero attached hydrogens (tertiary/aromatic N) is 4. The molecule has 1 saturated carbocycles. The number of hydrogen-bond donors (Lipinski definition) is 0. The molecule has 9 aromatic carbocycles. The Hall–Kier alpha value is -8.32. The van der Waals surface area contributed by atoms with Gasteiger partial charge in [0.2, 0.25) is 5.69 Å². The van der Waals surface area contributed by atoms with Crippen LogP contribution >= 0.6 is 0 Å². The molecule has 6 nitrogen and oxygen atoms in total. The van der Waals surface area contributed by atoms with Crippen molar-refractivity contribution in [3.63, 3.8) is 0 Å². The molecular formula is C58H38N4O2. The lowest BCUT2D eigenvalue weighted by molar-refractivity contribution is 0.360. The highest BCUT2D eigenvalue weighted by atomic mass is 16.5. The predicted molar refractivity (Wildman–Crippen MR) is 257 cm³/mol. The molecule has 302 valence electrons. The summed E-state index contributed by atoms with van der Waals surface area (Å²) < 4.78 is 13.9. The van der Waals surface area contributed by atoms with Gasteiger partial charge in [0, 0.05) is 10.8 Å². The summed E-state index contributed by atoms with van der Waals surface area (Å²) in [5.74, 6) is 3.24. The van der Waals surface area contributed by atoms with Crippen LogP contribution in [0.15, 0.2) is 170 Å². The Labute approximate surface area is 371 Å². The van der Waals surface area contributed by atoms with Crippen molar-refractivity contribution in [1.82, 2.24) is 0 Å². The third-order valence-corrected chi connectivity index (χ3v) is 14.0. The van der Waals surface area contributed by atoms with Gasteiger partial charge in [0.15, 0.2) is 23.0 Å². The van der Waals surface area contributed by atoms with Gasteiger partial charge in [-0.05, 0) is 118 Å². The number of anilines is 6. The van der Waals surface area contributed by atoms with Gasteiger partial charge in [0.05, 0.1) is 52.3 Å². The Kier molecular flexibility index (Phi) is 8.01. The second kappa shape index (κ2) is 14.1. The molecule has 2 bridgehead atoms. The third kappa shape index (κ3) is 5.30. The summed E-state index contributed by atoms with van der Waals surface area (Å²) in [6.45, 7) is 9.20. The van der Waals surface area contributed by atoms with E-state index in [1.807, 2.05) is 36.4 Å². The highest BCUT2D eigenvalue weighted by Gasteiger charge is 2.45. The van der Waals surface area contributed by atoms with Crippen LogP contribution in [0, 0.1) is 17.9 Å². The van der Waals surface area contributed by atoms with Crippen LogP contribution in [0.4, 0.5) is 39.8 Å². The second-order valence-corrected chi connectivity index (χ2v) is 17.3. The average molecular weight is 823 g/mol. The van der Waals surface area contributed by atoms with E-state index in [0.29, 0.717) is 22.7 Å². The molecule has 64 heavy (non-hydrogen) atoms. The van der Waals surface area contributed by atoms with Crippen molar-refractivity contribution in [2.45, 2.75) is 37.5 Å². The van der Waals surface area contributed by atoms with Gasteiger partial charge in [-0.1, -0.05) is 133 Å². The summed E-state index contributed by atoms with van der Waals surface area (Å²) in [4.78, 5) is 9.01. The molecular weight excluding hydrogens is 785 g/mol. The molecule has 3 aliphatic carbocycles. The molecule has 1 fully saturated rings. The van der Waals surface area contributed by atoms with Crippen LogP contribution in [0.2, 0.25) is 0 Å². The van der Waals surface area contributed by atoms with Gasteiger partial charge in [-0.3, -0.25) is 0 Å². The van der Waals surface area contributed by atoms with Gasteiger partial charge in [0.1, 0.15) is 0 Å². The summed E-state index contributed by atoms with van der Waals surface area (Å²) in [5.41, 5.74) is 12.2. The van der Waals surface area contributed by atoms with E-state index in [1.165, 1.54) is 0 Å². The molecule has 5 aliphatic rings.